The number of imidazole rings is 1. The van der Waals surface area contributed by atoms with Gasteiger partial charge in [-0.05, 0) is 35.4 Å². The first-order valence-corrected chi connectivity index (χ1v) is 9.50. The number of nitrogens with zero attached hydrogens (tertiary/aromatic N) is 2. The minimum absolute atomic E-state index is 0.0544. The minimum Gasteiger partial charge on any atom is -0.338 e. The average molecular weight is 393 g/mol. The molecule has 3 aromatic carbocycles. The lowest BCUT2D eigenvalue weighted by Crippen LogP contribution is -1.87. The third-order valence-electron chi connectivity index (χ3n) is 4.59. The fourth-order valence-corrected chi connectivity index (χ4v) is 3.02. The van der Waals surface area contributed by atoms with E-state index in [2.05, 4.69) is 4.98 Å². The third kappa shape index (κ3) is 4.59. The molecule has 0 atom stereocenters. The fourth-order valence-electron chi connectivity index (χ4n) is 3.02. The van der Waals surface area contributed by atoms with Crippen LogP contribution in [0.3, 0.4) is 0 Å². The van der Waals surface area contributed by atoms with Gasteiger partial charge in [-0.15, -0.1) is 0 Å². The summed E-state index contributed by atoms with van der Waals surface area (Å²) in [6.07, 6.45) is 7.98. The van der Waals surface area contributed by atoms with Crippen molar-refractivity contribution in [2.45, 2.75) is 0 Å². The summed E-state index contributed by atoms with van der Waals surface area (Å²) in [6, 6.07) is 26.4. The zero-order chi connectivity index (χ0) is 20.8. The lowest BCUT2D eigenvalue weighted by molar-refractivity contribution is -0.384. The summed E-state index contributed by atoms with van der Waals surface area (Å²) in [7, 11) is 0. The summed E-state index contributed by atoms with van der Waals surface area (Å²) in [6.45, 7) is 0. The van der Waals surface area contributed by atoms with E-state index >= 15 is 0 Å². The smallest absolute Gasteiger partial charge is 0.269 e. The van der Waals surface area contributed by atoms with Crippen molar-refractivity contribution in [3.8, 4) is 11.4 Å². The Labute approximate surface area is 174 Å². The average Bonchev–Trinajstić information content (AvgIpc) is 3.21. The quantitative estimate of drug-likeness (QED) is 0.307. The van der Waals surface area contributed by atoms with Crippen LogP contribution in [0, 0.1) is 10.1 Å². The molecule has 5 nitrogen and oxygen atoms in total. The number of nitro groups is 1. The number of benzene rings is 3. The lowest BCUT2D eigenvalue weighted by atomic mass is 10.1. The standard InChI is InChI=1S/C25H19N3O2/c29-28(30)22-15-13-21(14-16-22)25-26-23(17-11-19-7-3-1-4-8-19)24(27-25)18-12-20-9-5-2-6-10-20/h1-18H,(H,26,27)/b17-11+,18-12+. The second-order valence-corrected chi connectivity index (χ2v) is 6.68. The van der Waals surface area contributed by atoms with Gasteiger partial charge in [0.15, 0.2) is 0 Å². The predicted octanol–water partition coefficient (Wildman–Crippen LogP) is 6.33. The predicted molar refractivity (Wildman–Crippen MR) is 121 cm³/mol. The Morgan fingerprint density at radius 2 is 1.30 bits per heavy atom. The van der Waals surface area contributed by atoms with E-state index in [1.165, 1.54) is 12.1 Å². The highest BCUT2D eigenvalue weighted by molar-refractivity contribution is 5.78. The van der Waals surface area contributed by atoms with E-state index in [0.29, 0.717) is 5.82 Å². The van der Waals surface area contributed by atoms with Gasteiger partial charge in [-0.1, -0.05) is 72.8 Å². The molecular weight excluding hydrogens is 374 g/mol. The van der Waals surface area contributed by atoms with Gasteiger partial charge in [-0.25, -0.2) is 4.98 Å². The van der Waals surface area contributed by atoms with E-state index in [0.717, 1.165) is 28.1 Å². The molecule has 0 saturated heterocycles. The number of nitro benzene ring substituents is 1. The maximum absolute atomic E-state index is 10.9. The molecule has 146 valence electrons. The van der Waals surface area contributed by atoms with E-state index in [4.69, 9.17) is 4.98 Å². The van der Waals surface area contributed by atoms with Crippen LogP contribution < -0.4 is 0 Å². The van der Waals surface area contributed by atoms with Crippen molar-refractivity contribution in [2.24, 2.45) is 0 Å². The van der Waals surface area contributed by atoms with Gasteiger partial charge in [0.2, 0.25) is 0 Å². The summed E-state index contributed by atoms with van der Waals surface area (Å²) >= 11 is 0. The van der Waals surface area contributed by atoms with E-state index in [1.807, 2.05) is 85.0 Å². The van der Waals surface area contributed by atoms with Gasteiger partial charge in [0.25, 0.3) is 5.69 Å². The molecule has 1 heterocycles. The molecule has 0 aliphatic rings. The van der Waals surface area contributed by atoms with Gasteiger partial charge in [0.05, 0.1) is 16.3 Å². The molecule has 0 bridgehead atoms. The Balaban J connectivity index is 1.69. The topological polar surface area (TPSA) is 71.8 Å². The molecule has 0 unspecified atom stereocenters. The molecule has 0 spiro atoms. The number of rotatable bonds is 6. The number of H-pyrrole nitrogens is 1. The van der Waals surface area contributed by atoms with Crippen LogP contribution in [0.5, 0.6) is 0 Å². The third-order valence-corrected chi connectivity index (χ3v) is 4.59. The van der Waals surface area contributed by atoms with E-state index in [9.17, 15) is 10.1 Å². The van der Waals surface area contributed by atoms with Crippen LogP contribution in [-0.4, -0.2) is 14.9 Å². The van der Waals surface area contributed by atoms with Crippen LogP contribution in [0.1, 0.15) is 22.5 Å². The second kappa shape index (κ2) is 8.84. The van der Waals surface area contributed by atoms with Crippen molar-refractivity contribution < 1.29 is 4.92 Å². The van der Waals surface area contributed by atoms with Crippen molar-refractivity contribution >= 4 is 30.0 Å². The zero-order valence-corrected chi connectivity index (χ0v) is 16.1. The summed E-state index contributed by atoms with van der Waals surface area (Å²) in [5.41, 5.74) is 4.66. The summed E-state index contributed by atoms with van der Waals surface area (Å²) in [5.74, 6) is 0.658. The van der Waals surface area contributed by atoms with Crippen LogP contribution in [0.15, 0.2) is 84.9 Å². The number of hydrogen-bond acceptors (Lipinski definition) is 3. The first-order valence-electron chi connectivity index (χ1n) is 9.50. The van der Waals surface area contributed by atoms with Crippen molar-refractivity contribution in [3.63, 3.8) is 0 Å². The highest BCUT2D eigenvalue weighted by Gasteiger charge is 2.10. The molecule has 30 heavy (non-hydrogen) atoms. The van der Waals surface area contributed by atoms with Crippen LogP contribution in [0.4, 0.5) is 5.69 Å². The number of nitrogens with one attached hydrogen (secondary N) is 1. The number of aromatic amines is 1. The van der Waals surface area contributed by atoms with E-state index in [1.54, 1.807) is 12.1 Å². The number of aromatic nitrogens is 2. The summed E-state index contributed by atoms with van der Waals surface area (Å²) < 4.78 is 0. The molecule has 0 saturated carbocycles. The van der Waals surface area contributed by atoms with Crippen molar-refractivity contribution in [2.75, 3.05) is 0 Å². The largest absolute Gasteiger partial charge is 0.338 e. The normalized spacial score (nSPS) is 11.3. The monoisotopic (exact) mass is 393 g/mol. The molecule has 4 aromatic rings. The minimum atomic E-state index is -0.409. The first-order chi connectivity index (χ1) is 14.7. The van der Waals surface area contributed by atoms with Gasteiger partial charge in [0.1, 0.15) is 5.82 Å². The van der Waals surface area contributed by atoms with Gasteiger partial charge in [-0.2, -0.15) is 0 Å². The Morgan fingerprint density at radius 3 is 1.87 bits per heavy atom. The summed E-state index contributed by atoms with van der Waals surface area (Å²) in [5, 5.41) is 10.9. The Hall–Kier alpha value is -4.25. The first kappa shape index (κ1) is 19.1. The maximum atomic E-state index is 10.9. The molecule has 5 heteroatoms. The maximum Gasteiger partial charge on any atom is 0.269 e. The van der Waals surface area contributed by atoms with Crippen molar-refractivity contribution in [1.29, 1.82) is 0 Å². The second-order valence-electron chi connectivity index (χ2n) is 6.68. The highest BCUT2D eigenvalue weighted by Crippen LogP contribution is 2.23. The molecule has 1 aromatic heterocycles. The van der Waals surface area contributed by atoms with Crippen LogP contribution in [0.25, 0.3) is 35.7 Å². The Bertz CT molecular complexity index is 1130. The van der Waals surface area contributed by atoms with Crippen LogP contribution >= 0.6 is 0 Å². The van der Waals surface area contributed by atoms with Crippen molar-refractivity contribution in [1.82, 2.24) is 9.97 Å². The molecule has 0 fully saturated rings. The van der Waals surface area contributed by atoms with E-state index in [-0.39, 0.29) is 5.69 Å². The molecule has 0 radical (unpaired) electrons. The SMILES string of the molecule is O=[N+]([O-])c1ccc(-c2nc(/C=C/c3ccccc3)c(/C=C/c3ccccc3)[nH]2)cc1. The molecule has 0 aliphatic heterocycles. The highest BCUT2D eigenvalue weighted by atomic mass is 16.6. The van der Waals surface area contributed by atoms with Gasteiger partial charge < -0.3 is 4.98 Å². The number of non-ortho nitro benzene ring substituents is 1. The molecule has 0 amide bonds. The molecule has 0 aliphatic carbocycles. The Morgan fingerprint density at radius 1 is 0.733 bits per heavy atom. The molecule has 4 rings (SSSR count). The number of hydrogen-bond donors (Lipinski definition) is 1. The van der Waals surface area contributed by atoms with Crippen LogP contribution in [-0.2, 0) is 0 Å². The molecule has 1 N–H and O–H groups in total. The van der Waals surface area contributed by atoms with Gasteiger partial charge >= 0.3 is 0 Å². The molecular formula is C25H19N3O2. The van der Waals surface area contributed by atoms with Crippen molar-refractivity contribution in [3.05, 3.63) is 118 Å². The zero-order valence-electron chi connectivity index (χ0n) is 16.1. The lowest BCUT2D eigenvalue weighted by Gasteiger charge is -1.96. The van der Waals surface area contributed by atoms with Crippen LogP contribution in [0.2, 0.25) is 0 Å². The van der Waals surface area contributed by atoms with Gasteiger partial charge in [-0.3, -0.25) is 10.1 Å². The van der Waals surface area contributed by atoms with Gasteiger partial charge in [0, 0.05) is 17.7 Å². The summed E-state index contributed by atoms with van der Waals surface area (Å²) in [4.78, 5) is 18.6. The Kier molecular flexibility index (Phi) is 5.62. The fraction of sp³-hybridized carbons (Fsp3) is 0. The van der Waals surface area contributed by atoms with E-state index < -0.39 is 4.92 Å².